The van der Waals surface area contributed by atoms with Gasteiger partial charge in [-0.05, 0) is 72.9 Å². The third kappa shape index (κ3) is 5.60. The molecule has 0 heterocycles. The van der Waals surface area contributed by atoms with Gasteiger partial charge in [0.1, 0.15) is 17.2 Å². The third-order valence-corrected chi connectivity index (χ3v) is 6.96. The van der Waals surface area contributed by atoms with Gasteiger partial charge in [-0.25, -0.2) is 0 Å². The van der Waals surface area contributed by atoms with Gasteiger partial charge in [0, 0.05) is 56.1 Å². The largest absolute Gasteiger partial charge is 0.507 e. The van der Waals surface area contributed by atoms with Crippen molar-refractivity contribution in [1.29, 1.82) is 0 Å². The van der Waals surface area contributed by atoms with Gasteiger partial charge >= 0.3 is 0 Å². The van der Waals surface area contributed by atoms with E-state index >= 15 is 0 Å². The van der Waals surface area contributed by atoms with Crippen molar-refractivity contribution in [3.63, 3.8) is 0 Å². The fourth-order valence-corrected chi connectivity index (χ4v) is 4.89. The minimum Gasteiger partial charge on any atom is -0.507 e. The summed E-state index contributed by atoms with van der Waals surface area (Å²) < 4.78 is 21.5. The van der Waals surface area contributed by atoms with Crippen LogP contribution in [0.15, 0.2) is 36.4 Å². The van der Waals surface area contributed by atoms with Gasteiger partial charge in [-0.3, -0.25) is 0 Å². The van der Waals surface area contributed by atoms with Crippen LogP contribution in [0.2, 0.25) is 0 Å². The van der Waals surface area contributed by atoms with Crippen LogP contribution in [0.25, 0.3) is 0 Å². The number of benzene rings is 3. The van der Waals surface area contributed by atoms with Crippen molar-refractivity contribution in [3.05, 3.63) is 86.5 Å². The van der Waals surface area contributed by atoms with Crippen LogP contribution in [0.5, 0.6) is 17.2 Å². The predicted molar refractivity (Wildman–Crippen MR) is 142 cm³/mol. The van der Waals surface area contributed by atoms with Gasteiger partial charge in [0.2, 0.25) is 0 Å². The summed E-state index contributed by atoms with van der Waals surface area (Å²) in [5.74, 6) is 0.528. The monoisotopic (exact) mass is 510 g/mol. The minimum absolute atomic E-state index is 0.138. The Morgan fingerprint density at radius 1 is 0.514 bits per heavy atom. The Morgan fingerprint density at radius 3 is 1.08 bits per heavy atom. The van der Waals surface area contributed by atoms with Crippen LogP contribution in [-0.2, 0) is 50.8 Å². The average Bonchev–Trinajstić information content (AvgIpc) is 2.86. The second-order valence-corrected chi connectivity index (χ2v) is 9.60. The molecule has 0 bridgehead atoms. The van der Waals surface area contributed by atoms with Gasteiger partial charge in [0.15, 0.2) is 0 Å². The van der Waals surface area contributed by atoms with Crippen LogP contribution in [0.3, 0.4) is 0 Å². The number of hydrogen-bond acceptors (Lipinski definition) is 7. The standard InChI is InChI=1S/C30H38O7/c1-18-8-24(10-20(14-34-4)27(18)31)30(3,25-9-19(2)28(32)21(11-25)15-35-5)26-12-22(16-36-6)29(33)23(13-26)17-37-7/h8-13,31-33H,14-17H2,1-7H3. The lowest BCUT2D eigenvalue weighted by molar-refractivity contribution is 0.174. The first-order valence-corrected chi connectivity index (χ1v) is 12.1. The van der Waals surface area contributed by atoms with E-state index in [1.807, 2.05) is 50.2 Å². The van der Waals surface area contributed by atoms with E-state index in [1.165, 1.54) is 0 Å². The zero-order valence-electron chi connectivity index (χ0n) is 22.8. The van der Waals surface area contributed by atoms with E-state index in [4.69, 9.17) is 18.9 Å². The highest BCUT2D eigenvalue weighted by Gasteiger charge is 2.35. The van der Waals surface area contributed by atoms with Crippen molar-refractivity contribution in [2.45, 2.75) is 52.6 Å². The first kappa shape index (κ1) is 28.5. The number of ether oxygens (including phenoxy) is 4. The molecule has 3 aromatic rings. The van der Waals surface area contributed by atoms with Crippen molar-refractivity contribution >= 4 is 0 Å². The highest BCUT2D eigenvalue weighted by molar-refractivity contribution is 5.59. The molecule has 0 spiro atoms. The molecular formula is C30H38O7. The smallest absolute Gasteiger partial charge is 0.126 e. The van der Waals surface area contributed by atoms with E-state index in [-0.39, 0.29) is 43.7 Å². The fraction of sp³-hybridized carbons (Fsp3) is 0.400. The van der Waals surface area contributed by atoms with Crippen molar-refractivity contribution in [3.8, 4) is 17.2 Å². The number of phenolic OH excluding ortho intramolecular Hbond substituents is 3. The van der Waals surface area contributed by atoms with Crippen molar-refractivity contribution in [2.75, 3.05) is 28.4 Å². The number of hydrogen-bond donors (Lipinski definition) is 3. The molecule has 0 fully saturated rings. The minimum atomic E-state index is -0.763. The van der Waals surface area contributed by atoms with Gasteiger partial charge in [0.25, 0.3) is 0 Å². The molecule has 3 aromatic carbocycles. The maximum absolute atomic E-state index is 10.9. The molecule has 37 heavy (non-hydrogen) atoms. The summed E-state index contributed by atoms with van der Waals surface area (Å²) in [4.78, 5) is 0. The third-order valence-electron chi connectivity index (χ3n) is 6.96. The van der Waals surface area contributed by atoms with Crippen LogP contribution in [0, 0.1) is 13.8 Å². The highest BCUT2D eigenvalue weighted by Crippen LogP contribution is 2.45. The van der Waals surface area contributed by atoms with Gasteiger partial charge in [-0.15, -0.1) is 0 Å². The van der Waals surface area contributed by atoms with E-state index in [1.54, 1.807) is 28.4 Å². The number of phenols is 3. The SMILES string of the molecule is COCc1cc(C(C)(c2cc(C)c(O)c(COC)c2)c2cc(COC)c(O)c(COC)c2)cc(C)c1O. The van der Waals surface area contributed by atoms with Crippen LogP contribution in [0.4, 0.5) is 0 Å². The zero-order chi connectivity index (χ0) is 27.3. The van der Waals surface area contributed by atoms with Crippen LogP contribution in [-0.4, -0.2) is 43.8 Å². The molecule has 7 heteroatoms. The molecule has 0 radical (unpaired) electrons. The summed E-state index contributed by atoms with van der Waals surface area (Å²) in [6.45, 7) is 6.76. The van der Waals surface area contributed by atoms with Gasteiger partial charge in [0.05, 0.1) is 26.4 Å². The molecule has 0 atom stereocenters. The highest BCUT2D eigenvalue weighted by atomic mass is 16.5. The van der Waals surface area contributed by atoms with Gasteiger partial charge < -0.3 is 34.3 Å². The zero-order valence-corrected chi connectivity index (χ0v) is 22.8. The van der Waals surface area contributed by atoms with Crippen molar-refractivity contribution < 1.29 is 34.3 Å². The first-order chi connectivity index (χ1) is 17.6. The summed E-state index contributed by atoms with van der Waals surface area (Å²) in [6.07, 6.45) is 0. The van der Waals surface area contributed by atoms with Crippen LogP contribution >= 0.6 is 0 Å². The van der Waals surface area contributed by atoms with Crippen molar-refractivity contribution in [2.24, 2.45) is 0 Å². The van der Waals surface area contributed by atoms with E-state index in [2.05, 4.69) is 6.92 Å². The lowest BCUT2D eigenvalue weighted by atomic mass is 9.69. The Hall–Kier alpha value is -3.10. The molecule has 0 aliphatic carbocycles. The van der Waals surface area contributed by atoms with Crippen LogP contribution < -0.4 is 0 Å². The summed E-state index contributed by atoms with van der Waals surface area (Å²) in [6, 6.07) is 11.7. The number of aromatic hydroxyl groups is 3. The normalized spacial score (nSPS) is 11.8. The topological polar surface area (TPSA) is 97.6 Å². The second-order valence-electron chi connectivity index (χ2n) is 9.60. The molecule has 3 N–H and O–H groups in total. The number of aryl methyl sites for hydroxylation is 2. The molecule has 0 aromatic heterocycles. The maximum atomic E-state index is 10.9. The number of rotatable bonds is 11. The summed E-state index contributed by atoms with van der Waals surface area (Å²) >= 11 is 0. The molecule has 0 amide bonds. The van der Waals surface area contributed by atoms with Crippen LogP contribution in [0.1, 0.15) is 57.0 Å². The maximum Gasteiger partial charge on any atom is 0.126 e. The predicted octanol–water partition coefficient (Wildman–Crippen LogP) is 5.36. The second kappa shape index (κ2) is 12.0. The van der Waals surface area contributed by atoms with Gasteiger partial charge in [-0.1, -0.05) is 12.1 Å². The summed E-state index contributed by atoms with van der Waals surface area (Å²) in [7, 11) is 6.36. The molecule has 0 saturated heterocycles. The number of methoxy groups -OCH3 is 4. The van der Waals surface area contributed by atoms with Gasteiger partial charge in [-0.2, -0.15) is 0 Å². The Morgan fingerprint density at radius 2 is 0.784 bits per heavy atom. The molecule has 0 aliphatic rings. The average molecular weight is 511 g/mol. The molecule has 0 saturated carbocycles. The molecule has 3 rings (SSSR count). The molecular weight excluding hydrogens is 472 g/mol. The van der Waals surface area contributed by atoms with E-state index < -0.39 is 5.41 Å². The lowest BCUT2D eigenvalue weighted by Gasteiger charge is -2.34. The van der Waals surface area contributed by atoms with E-state index in [0.29, 0.717) is 22.3 Å². The molecule has 0 unspecified atom stereocenters. The first-order valence-electron chi connectivity index (χ1n) is 12.1. The Labute approximate surface area is 219 Å². The van der Waals surface area contributed by atoms with E-state index in [9.17, 15) is 15.3 Å². The fourth-order valence-electron chi connectivity index (χ4n) is 4.89. The quantitative estimate of drug-likeness (QED) is 0.299. The lowest BCUT2D eigenvalue weighted by Crippen LogP contribution is -2.27. The molecule has 200 valence electrons. The summed E-state index contributed by atoms with van der Waals surface area (Å²) in [5.41, 5.74) is 6.02. The Bertz CT molecular complexity index is 1160. The molecule has 7 nitrogen and oxygen atoms in total. The van der Waals surface area contributed by atoms with Crippen molar-refractivity contribution in [1.82, 2.24) is 0 Å². The van der Waals surface area contributed by atoms with E-state index in [0.717, 1.165) is 27.8 Å². The molecule has 0 aliphatic heterocycles. The summed E-state index contributed by atoms with van der Waals surface area (Å²) in [5, 5.41) is 32.4. The Kier molecular flexibility index (Phi) is 9.21. The Balaban J connectivity index is 2.44.